The number of anilines is 3. The fourth-order valence-corrected chi connectivity index (χ4v) is 3.46. The molecule has 0 amide bonds. The van der Waals surface area contributed by atoms with Crippen molar-refractivity contribution in [2.75, 3.05) is 16.6 Å². The number of nitrogens with zero attached hydrogens (tertiary/aromatic N) is 2. The fraction of sp³-hybridized carbons (Fsp3) is 0.0667. The third kappa shape index (κ3) is 2.36. The molecule has 1 aliphatic rings. The highest BCUT2D eigenvalue weighted by molar-refractivity contribution is 7.15. The lowest BCUT2D eigenvalue weighted by molar-refractivity contribution is 0.997. The van der Waals surface area contributed by atoms with Crippen LogP contribution in [0.2, 0.25) is 0 Å². The van der Waals surface area contributed by atoms with E-state index in [9.17, 15) is 0 Å². The molecule has 4 heterocycles. The summed E-state index contributed by atoms with van der Waals surface area (Å²) >= 11 is 1.74. The zero-order chi connectivity index (χ0) is 14.9. The number of hydrogen-bond donors (Lipinski definition) is 4. The summed E-state index contributed by atoms with van der Waals surface area (Å²) in [7, 11) is 0. The normalized spacial score (nSPS) is 12.5. The summed E-state index contributed by atoms with van der Waals surface area (Å²) in [5.41, 5.74) is 17.8. The Labute approximate surface area is 131 Å². The molecular weight excluding hydrogens is 296 g/mol. The van der Waals surface area contributed by atoms with E-state index in [1.54, 1.807) is 11.3 Å². The highest BCUT2D eigenvalue weighted by Gasteiger charge is 2.17. The maximum absolute atomic E-state index is 5.87. The van der Waals surface area contributed by atoms with E-state index in [0.717, 1.165) is 29.2 Å². The standard InChI is InChI=1S/C15H14N6S/c16-13-8-9(14-15(18-13)20-21-19-14)7-10-4-5-12(22-10)11-3-1-2-6-17-11/h1-6,8,19,21H,7H2,(H3,16,18,20). The minimum Gasteiger partial charge on any atom is -0.384 e. The molecule has 0 atom stereocenters. The second kappa shape index (κ2) is 5.28. The number of thiophene rings is 1. The van der Waals surface area contributed by atoms with Crippen LogP contribution in [0.5, 0.6) is 0 Å². The summed E-state index contributed by atoms with van der Waals surface area (Å²) < 4.78 is 0. The van der Waals surface area contributed by atoms with Crippen molar-refractivity contribution in [2.45, 2.75) is 6.42 Å². The van der Waals surface area contributed by atoms with Crippen LogP contribution in [-0.2, 0) is 6.42 Å². The molecule has 3 aromatic heterocycles. The quantitative estimate of drug-likeness (QED) is 0.595. The largest absolute Gasteiger partial charge is 0.384 e. The molecule has 0 aromatic carbocycles. The monoisotopic (exact) mass is 310 g/mol. The van der Waals surface area contributed by atoms with E-state index in [-0.39, 0.29) is 0 Å². The molecule has 0 radical (unpaired) electrons. The van der Waals surface area contributed by atoms with Crippen LogP contribution >= 0.6 is 11.3 Å². The number of fused-ring (bicyclic) bond motifs is 1. The van der Waals surface area contributed by atoms with Crippen LogP contribution in [0, 0.1) is 0 Å². The molecule has 110 valence electrons. The Morgan fingerprint density at radius 1 is 1.14 bits per heavy atom. The topological polar surface area (TPSA) is 87.9 Å². The smallest absolute Gasteiger partial charge is 0.169 e. The van der Waals surface area contributed by atoms with Crippen LogP contribution in [0.1, 0.15) is 10.4 Å². The molecule has 1 aliphatic heterocycles. The predicted octanol–water partition coefficient (Wildman–Crippen LogP) is 2.64. The average molecular weight is 310 g/mol. The first-order valence-corrected chi connectivity index (χ1v) is 7.68. The van der Waals surface area contributed by atoms with Crippen LogP contribution in [0.25, 0.3) is 10.6 Å². The molecule has 22 heavy (non-hydrogen) atoms. The van der Waals surface area contributed by atoms with Crippen LogP contribution in [0.3, 0.4) is 0 Å². The molecular formula is C15H14N6S. The molecule has 0 aliphatic carbocycles. The summed E-state index contributed by atoms with van der Waals surface area (Å²) in [4.78, 5) is 11.1. The van der Waals surface area contributed by atoms with Crippen molar-refractivity contribution >= 4 is 28.7 Å². The van der Waals surface area contributed by atoms with Gasteiger partial charge in [0.1, 0.15) is 5.82 Å². The number of rotatable bonds is 3. The average Bonchev–Trinajstić information content (AvgIpc) is 3.17. The molecule has 7 heteroatoms. The van der Waals surface area contributed by atoms with Crippen LogP contribution in [-0.4, -0.2) is 9.97 Å². The number of hydrazine groups is 2. The first-order chi connectivity index (χ1) is 10.8. The van der Waals surface area contributed by atoms with E-state index in [4.69, 9.17) is 5.73 Å². The molecule has 0 unspecified atom stereocenters. The minimum atomic E-state index is 0.508. The van der Waals surface area contributed by atoms with Crippen molar-refractivity contribution in [3.05, 3.63) is 53.0 Å². The van der Waals surface area contributed by atoms with Gasteiger partial charge in [0.05, 0.1) is 16.3 Å². The predicted molar refractivity (Wildman–Crippen MR) is 89.4 cm³/mol. The molecule has 5 N–H and O–H groups in total. The number of nitrogens with one attached hydrogen (secondary N) is 3. The SMILES string of the molecule is Nc1cc(Cc2ccc(-c3ccccn3)s2)c2c(n1)NNN2. The van der Waals surface area contributed by atoms with Gasteiger partial charge in [0.15, 0.2) is 5.82 Å². The Bertz CT molecular complexity index is 814. The van der Waals surface area contributed by atoms with Gasteiger partial charge >= 0.3 is 0 Å². The Morgan fingerprint density at radius 3 is 2.95 bits per heavy atom. The molecule has 4 rings (SSSR count). The van der Waals surface area contributed by atoms with Gasteiger partial charge in [-0.2, -0.15) is 0 Å². The van der Waals surface area contributed by atoms with E-state index >= 15 is 0 Å². The zero-order valence-electron chi connectivity index (χ0n) is 11.6. The van der Waals surface area contributed by atoms with Gasteiger partial charge in [-0.05, 0) is 35.9 Å². The minimum absolute atomic E-state index is 0.508. The zero-order valence-corrected chi connectivity index (χ0v) is 12.4. The lowest BCUT2D eigenvalue weighted by Gasteiger charge is -2.06. The summed E-state index contributed by atoms with van der Waals surface area (Å²) in [5, 5.41) is 0. The Balaban J connectivity index is 1.64. The van der Waals surface area contributed by atoms with Crippen molar-refractivity contribution in [1.82, 2.24) is 15.5 Å². The molecule has 0 fully saturated rings. The molecule has 3 aromatic rings. The van der Waals surface area contributed by atoms with Gasteiger partial charge in [-0.1, -0.05) is 6.07 Å². The number of aromatic nitrogens is 2. The van der Waals surface area contributed by atoms with Gasteiger partial charge in [0, 0.05) is 17.5 Å². The number of pyridine rings is 2. The fourth-order valence-electron chi connectivity index (χ4n) is 2.45. The number of hydrogen-bond acceptors (Lipinski definition) is 7. The summed E-state index contributed by atoms with van der Waals surface area (Å²) in [6, 6.07) is 12.1. The second-order valence-corrected chi connectivity index (χ2v) is 6.13. The van der Waals surface area contributed by atoms with Gasteiger partial charge < -0.3 is 11.2 Å². The van der Waals surface area contributed by atoms with Crippen LogP contribution in [0.15, 0.2) is 42.6 Å². The highest BCUT2D eigenvalue weighted by Crippen LogP contribution is 2.33. The van der Waals surface area contributed by atoms with E-state index in [0.29, 0.717) is 5.82 Å². The Kier molecular flexibility index (Phi) is 3.14. The first-order valence-electron chi connectivity index (χ1n) is 6.86. The number of nitrogens with two attached hydrogens (primary N) is 1. The molecule has 6 nitrogen and oxygen atoms in total. The van der Waals surface area contributed by atoms with Gasteiger partial charge in [-0.25, -0.2) is 4.98 Å². The second-order valence-electron chi connectivity index (χ2n) is 4.96. The van der Waals surface area contributed by atoms with Gasteiger partial charge in [0.2, 0.25) is 0 Å². The van der Waals surface area contributed by atoms with Crippen molar-refractivity contribution in [3.8, 4) is 10.6 Å². The van der Waals surface area contributed by atoms with Crippen molar-refractivity contribution in [1.29, 1.82) is 0 Å². The molecule has 0 bridgehead atoms. The first kappa shape index (κ1) is 13.1. The Morgan fingerprint density at radius 2 is 2.09 bits per heavy atom. The third-order valence-corrected chi connectivity index (χ3v) is 4.54. The van der Waals surface area contributed by atoms with Crippen molar-refractivity contribution in [3.63, 3.8) is 0 Å². The molecule has 0 saturated heterocycles. The molecule has 0 saturated carbocycles. The van der Waals surface area contributed by atoms with Gasteiger partial charge in [-0.15, -0.1) is 16.9 Å². The van der Waals surface area contributed by atoms with E-state index in [2.05, 4.69) is 38.5 Å². The summed E-state index contributed by atoms with van der Waals surface area (Å²) in [6.07, 6.45) is 2.61. The van der Waals surface area contributed by atoms with E-state index in [1.807, 2.05) is 30.5 Å². The molecule has 0 spiro atoms. The third-order valence-electron chi connectivity index (χ3n) is 3.43. The van der Waals surface area contributed by atoms with Gasteiger partial charge in [0.25, 0.3) is 0 Å². The van der Waals surface area contributed by atoms with E-state index in [1.165, 1.54) is 9.75 Å². The summed E-state index contributed by atoms with van der Waals surface area (Å²) in [5.74, 6) is 1.24. The lowest BCUT2D eigenvalue weighted by atomic mass is 10.1. The van der Waals surface area contributed by atoms with Crippen LogP contribution < -0.4 is 22.1 Å². The maximum atomic E-state index is 5.87. The highest BCUT2D eigenvalue weighted by atomic mass is 32.1. The Hall–Kier alpha value is -2.64. The summed E-state index contributed by atoms with van der Waals surface area (Å²) in [6.45, 7) is 0. The van der Waals surface area contributed by atoms with Gasteiger partial charge in [-0.3, -0.25) is 10.4 Å². The lowest BCUT2D eigenvalue weighted by Crippen LogP contribution is -2.19. The van der Waals surface area contributed by atoms with Crippen LogP contribution in [0.4, 0.5) is 17.3 Å². The van der Waals surface area contributed by atoms with E-state index < -0.39 is 0 Å². The maximum Gasteiger partial charge on any atom is 0.169 e. The van der Waals surface area contributed by atoms with Crippen molar-refractivity contribution < 1.29 is 0 Å². The van der Waals surface area contributed by atoms with Crippen molar-refractivity contribution in [2.24, 2.45) is 0 Å². The number of nitrogen functional groups attached to an aromatic ring is 1.